The van der Waals surface area contributed by atoms with E-state index in [1.165, 1.54) is 0 Å². The molecule has 1 saturated heterocycles. The van der Waals surface area contributed by atoms with E-state index in [2.05, 4.69) is 4.90 Å². The van der Waals surface area contributed by atoms with Gasteiger partial charge in [0, 0.05) is 37.4 Å². The summed E-state index contributed by atoms with van der Waals surface area (Å²) in [4.78, 5) is 28.4. The fraction of sp³-hybridized carbons (Fsp3) is 0.333. The molecule has 1 amide bonds. The molecule has 1 aliphatic rings. The van der Waals surface area contributed by atoms with E-state index < -0.39 is 0 Å². The molecule has 5 heteroatoms. The van der Waals surface area contributed by atoms with Crippen molar-refractivity contribution >= 4 is 17.6 Å². The van der Waals surface area contributed by atoms with Gasteiger partial charge in [0.05, 0.1) is 12.2 Å². The lowest BCUT2D eigenvalue weighted by Crippen LogP contribution is -2.48. The number of nitrogens with zero attached hydrogens (tertiary/aromatic N) is 2. The zero-order valence-electron chi connectivity index (χ0n) is 15.3. The zero-order valence-corrected chi connectivity index (χ0v) is 15.3. The molecule has 0 aromatic heterocycles. The van der Waals surface area contributed by atoms with Crippen molar-refractivity contribution in [3.63, 3.8) is 0 Å². The van der Waals surface area contributed by atoms with Crippen molar-refractivity contribution in [3.05, 3.63) is 65.2 Å². The number of benzene rings is 2. The van der Waals surface area contributed by atoms with E-state index in [-0.39, 0.29) is 11.9 Å². The fourth-order valence-corrected chi connectivity index (χ4v) is 3.07. The molecule has 3 rings (SSSR count). The summed E-state index contributed by atoms with van der Waals surface area (Å²) in [6.07, 6.45) is 0. The molecule has 1 fully saturated rings. The third-order valence-electron chi connectivity index (χ3n) is 4.61. The van der Waals surface area contributed by atoms with Crippen molar-refractivity contribution in [3.8, 4) is 0 Å². The molecule has 0 N–H and O–H groups in total. The first kappa shape index (κ1) is 18.0. The summed E-state index contributed by atoms with van der Waals surface area (Å²) >= 11 is 0. The minimum atomic E-state index is -0.299. The van der Waals surface area contributed by atoms with Crippen LogP contribution in [0.4, 0.5) is 5.69 Å². The van der Waals surface area contributed by atoms with Crippen LogP contribution in [0.25, 0.3) is 0 Å². The van der Waals surface area contributed by atoms with Gasteiger partial charge in [0.1, 0.15) is 0 Å². The van der Waals surface area contributed by atoms with Gasteiger partial charge in [0.25, 0.3) is 5.91 Å². The molecule has 0 aliphatic carbocycles. The Morgan fingerprint density at radius 3 is 2.04 bits per heavy atom. The number of ether oxygens (including phenoxy) is 1. The maximum Gasteiger partial charge on any atom is 0.338 e. The first-order chi connectivity index (χ1) is 12.6. The van der Waals surface area contributed by atoms with Crippen LogP contribution in [0.15, 0.2) is 48.5 Å². The van der Waals surface area contributed by atoms with E-state index in [1.54, 1.807) is 19.1 Å². The summed E-state index contributed by atoms with van der Waals surface area (Å²) in [5.74, 6) is -0.213. The molecule has 1 aliphatic heterocycles. The molecule has 5 nitrogen and oxygen atoms in total. The van der Waals surface area contributed by atoms with Crippen LogP contribution in [0.2, 0.25) is 0 Å². The Labute approximate surface area is 154 Å². The zero-order chi connectivity index (χ0) is 18.5. The van der Waals surface area contributed by atoms with Crippen LogP contribution < -0.4 is 4.90 Å². The highest BCUT2D eigenvalue weighted by atomic mass is 16.5. The molecule has 2 aromatic carbocycles. The Morgan fingerprint density at radius 2 is 1.46 bits per heavy atom. The van der Waals surface area contributed by atoms with E-state index in [1.807, 2.05) is 48.2 Å². The number of carbonyl (C=O) groups is 2. The van der Waals surface area contributed by atoms with E-state index in [4.69, 9.17) is 4.74 Å². The molecular weight excluding hydrogens is 328 g/mol. The number of amides is 1. The molecular formula is C21H24N2O3. The summed E-state index contributed by atoms with van der Waals surface area (Å²) < 4.78 is 5.01. The van der Waals surface area contributed by atoms with Crippen LogP contribution >= 0.6 is 0 Å². The van der Waals surface area contributed by atoms with Crippen LogP contribution in [0, 0.1) is 6.92 Å². The third-order valence-corrected chi connectivity index (χ3v) is 4.61. The van der Waals surface area contributed by atoms with Crippen LogP contribution in [0.3, 0.4) is 0 Å². The predicted octanol–water partition coefficient (Wildman–Crippen LogP) is 3.13. The lowest BCUT2D eigenvalue weighted by atomic mass is 10.1. The van der Waals surface area contributed by atoms with Crippen LogP contribution in [0.1, 0.15) is 33.2 Å². The summed E-state index contributed by atoms with van der Waals surface area (Å²) in [6, 6.07) is 15.2. The van der Waals surface area contributed by atoms with Crippen LogP contribution in [-0.2, 0) is 4.74 Å². The molecule has 0 atom stereocenters. The molecule has 136 valence electrons. The summed E-state index contributed by atoms with van der Waals surface area (Å²) in [6.45, 7) is 7.10. The summed E-state index contributed by atoms with van der Waals surface area (Å²) in [5.41, 5.74) is 3.50. The quantitative estimate of drug-likeness (QED) is 0.793. The molecule has 0 unspecified atom stereocenters. The average molecular weight is 352 g/mol. The van der Waals surface area contributed by atoms with Gasteiger partial charge in [-0.25, -0.2) is 4.79 Å². The van der Waals surface area contributed by atoms with Gasteiger partial charge in [0.2, 0.25) is 0 Å². The second kappa shape index (κ2) is 8.04. The van der Waals surface area contributed by atoms with Gasteiger partial charge in [-0.2, -0.15) is 0 Å². The van der Waals surface area contributed by atoms with E-state index in [0.29, 0.717) is 25.3 Å². The molecule has 26 heavy (non-hydrogen) atoms. The number of anilines is 1. The SMILES string of the molecule is CCOC(=O)c1ccc(N2CCN(C(=O)c3ccc(C)cc3)CC2)cc1. The Hall–Kier alpha value is -2.82. The smallest absolute Gasteiger partial charge is 0.338 e. The molecule has 0 bridgehead atoms. The number of rotatable bonds is 4. The van der Waals surface area contributed by atoms with Gasteiger partial charge >= 0.3 is 5.97 Å². The van der Waals surface area contributed by atoms with Gasteiger partial charge in [-0.1, -0.05) is 17.7 Å². The second-order valence-electron chi connectivity index (χ2n) is 6.41. The van der Waals surface area contributed by atoms with Crippen molar-refractivity contribution in [2.75, 3.05) is 37.7 Å². The van der Waals surface area contributed by atoms with Crippen molar-refractivity contribution < 1.29 is 14.3 Å². The third kappa shape index (κ3) is 4.04. The predicted molar refractivity (Wildman–Crippen MR) is 102 cm³/mol. The van der Waals surface area contributed by atoms with Crippen molar-refractivity contribution in [2.24, 2.45) is 0 Å². The maximum absolute atomic E-state index is 12.6. The van der Waals surface area contributed by atoms with Gasteiger partial charge in [-0.05, 0) is 50.2 Å². The van der Waals surface area contributed by atoms with Crippen molar-refractivity contribution in [1.29, 1.82) is 0 Å². The van der Waals surface area contributed by atoms with E-state index >= 15 is 0 Å². The van der Waals surface area contributed by atoms with E-state index in [0.717, 1.165) is 29.9 Å². The maximum atomic E-state index is 12.6. The topological polar surface area (TPSA) is 49.9 Å². The first-order valence-electron chi connectivity index (χ1n) is 8.96. The molecule has 0 spiro atoms. The molecule has 0 radical (unpaired) electrons. The normalized spacial score (nSPS) is 14.2. The van der Waals surface area contributed by atoms with Crippen molar-refractivity contribution in [2.45, 2.75) is 13.8 Å². The van der Waals surface area contributed by atoms with E-state index in [9.17, 15) is 9.59 Å². The molecule has 0 saturated carbocycles. The highest BCUT2D eigenvalue weighted by Crippen LogP contribution is 2.19. The second-order valence-corrected chi connectivity index (χ2v) is 6.41. The Balaban J connectivity index is 1.59. The number of hydrogen-bond acceptors (Lipinski definition) is 4. The largest absolute Gasteiger partial charge is 0.462 e. The first-order valence-corrected chi connectivity index (χ1v) is 8.96. The lowest BCUT2D eigenvalue weighted by Gasteiger charge is -2.36. The number of carbonyl (C=O) groups excluding carboxylic acids is 2. The Bertz CT molecular complexity index is 761. The Kier molecular flexibility index (Phi) is 5.56. The number of esters is 1. The van der Waals surface area contributed by atoms with Crippen LogP contribution in [0.5, 0.6) is 0 Å². The summed E-state index contributed by atoms with van der Waals surface area (Å²) in [5, 5.41) is 0. The van der Waals surface area contributed by atoms with Gasteiger partial charge in [-0.15, -0.1) is 0 Å². The van der Waals surface area contributed by atoms with Gasteiger partial charge in [0.15, 0.2) is 0 Å². The van der Waals surface area contributed by atoms with Crippen LogP contribution in [-0.4, -0.2) is 49.6 Å². The molecule has 1 heterocycles. The monoisotopic (exact) mass is 352 g/mol. The average Bonchev–Trinajstić information content (AvgIpc) is 2.68. The number of hydrogen-bond donors (Lipinski definition) is 0. The minimum Gasteiger partial charge on any atom is -0.462 e. The molecule has 2 aromatic rings. The lowest BCUT2D eigenvalue weighted by molar-refractivity contribution is 0.0526. The Morgan fingerprint density at radius 1 is 0.885 bits per heavy atom. The summed E-state index contributed by atoms with van der Waals surface area (Å²) in [7, 11) is 0. The highest BCUT2D eigenvalue weighted by molar-refractivity contribution is 5.94. The minimum absolute atomic E-state index is 0.0855. The standard InChI is InChI=1S/C21H24N2O3/c1-3-26-21(25)18-8-10-19(11-9-18)22-12-14-23(15-13-22)20(24)17-6-4-16(2)5-7-17/h4-11H,3,12-15H2,1-2H3. The highest BCUT2D eigenvalue weighted by Gasteiger charge is 2.22. The van der Waals surface area contributed by atoms with Crippen molar-refractivity contribution in [1.82, 2.24) is 4.90 Å². The fourth-order valence-electron chi connectivity index (χ4n) is 3.07. The van der Waals surface area contributed by atoms with Gasteiger partial charge in [-0.3, -0.25) is 4.79 Å². The number of aryl methyl sites for hydroxylation is 1. The number of piperazine rings is 1. The van der Waals surface area contributed by atoms with Gasteiger partial charge < -0.3 is 14.5 Å².